The summed E-state index contributed by atoms with van der Waals surface area (Å²) in [5.41, 5.74) is 2.33. The summed E-state index contributed by atoms with van der Waals surface area (Å²) in [7, 11) is -1.29. The molecule has 9 heavy (non-hydrogen) atoms. The molecule has 0 aliphatic carbocycles. The van der Waals surface area contributed by atoms with Crippen molar-refractivity contribution in [1.82, 2.24) is 4.98 Å². The van der Waals surface area contributed by atoms with Gasteiger partial charge in [-0.1, -0.05) is 0 Å². The first-order chi connectivity index (χ1) is 4.11. The normalized spacial score (nSPS) is 13.7. The molecule has 1 nitrogen and oxygen atoms in total. The van der Waals surface area contributed by atoms with E-state index < -0.39 is 7.75 Å². The Morgan fingerprint density at radius 3 is 2.44 bits per heavy atom. The zero-order valence-corrected chi connectivity index (χ0v) is 10.8. The van der Waals surface area contributed by atoms with Gasteiger partial charge in [-0.15, -0.1) is 0 Å². The van der Waals surface area contributed by atoms with E-state index in [2.05, 4.69) is 62.1 Å². The molecule has 0 spiro atoms. The van der Waals surface area contributed by atoms with Gasteiger partial charge in [-0.05, 0) is 0 Å². The van der Waals surface area contributed by atoms with Crippen LogP contribution in [0.25, 0.3) is 0 Å². The van der Waals surface area contributed by atoms with Crippen molar-refractivity contribution in [2.24, 2.45) is 0 Å². The van der Waals surface area contributed by atoms with Gasteiger partial charge in [-0.25, -0.2) is 0 Å². The van der Waals surface area contributed by atoms with Crippen LogP contribution in [-0.4, -0.2) is 4.98 Å². The molecule has 0 amide bonds. The van der Waals surface area contributed by atoms with Crippen molar-refractivity contribution in [3.05, 3.63) is 18.3 Å². The molecule has 1 aromatic rings. The molecule has 0 unspecified atom stereocenters. The van der Waals surface area contributed by atoms with Crippen LogP contribution in [0.5, 0.6) is 0 Å². The number of hydrogen-bond donors (Lipinski definition) is 1. The molecule has 55 valence electrons. The monoisotopic (exact) mass is 438 g/mol. The molecular formula is C5H7I2NRh. The standard InChI is InChI=1S/C4H4N.CH3.2HI.Rh/c1-2-4-5-3-1;;;;/h1-3,5H;1H3;2*1H;/q;;;;+2/p-2. The molecule has 0 saturated carbocycles. The van der Waals surface area contributed by atoms with E-state index in [1.54, 1.807) is 0 Å². The maximum absolute atomic E-state index is 3.23. The first kappa shape index (κ1) is 8.46. The second kappa shape index (κ2) is 3.17. The fraction of sp³-hybridized carbons (Fsp3) is 0.200. The Balaban J connectivity index is 2.90. The van der Waals surface area contributed by atoms with E-state index in [1.165, 1.54) is 4.29 Å². The Labute approximate surface area is 79.2 Å². The Morgan fingerprint density at radius 1 is 1.56 bits per heavy atom. The zero-order valence-electron chi connectivity index (χ0n) is 4.82. The third-order valence-electron chi connectivity index (χ3n) is 0.861. The maximum atomic E-state index is 3.23. The van der Waals surface area contributed by atoms with E-state index in [-0.39, 0.29) is 0 Å². The fourth-order valence-corrected chi connectivity index (χ4v) is 4.32. The molecule has 1 aromatic heterocycles. The van der Waals surface area contributed by atoms with Crippen LogP contribution in [0.3, 0.4) is 0 Å². The second-order valence-corrected chi connectivity index (χ2v) is 30.5. The Bertz CT molecular complexity index is 177. The van der Waals surface area contributed by atoms with Gasteiger partial charge in [0.1, 0.15) is 0 Å². The van der Waals surface area contributed by atoms with Gasteiger partial charge < -0.3 is 0 Å². The first-order valence-electron chi connectivity index (χ1n) is 2.25. The summed E-state index contributed by atoms with van der Waals surface area (Å²) in [6.07, 6.45) is 1.99. The van der Waals surface area contributed by atoms with Crippen LogP contribution in [0, 0.1) is 0 Å². The third kappa shape index (κ3) is 2.46. The van der Waals surface area contributed by atoms with Crippen molar-refractivity contribution in [3.63, 3.8) is 0 Å². The minimum atomic E-state index is -1.29. The molecule has 0 fully saturated rings. The molecule has 1 rings (SSSR count). The van der Waals surface area contributed by atoms with Crippen molar-refractivity contribution in [2.75, 3.05) is 0 Å². The molecule has 0 bridgehead atoms. The van der Waals surface area contributed by atoms with E-state index >= 15 is 0 Å². The summed E-state index contributed by atoms with van der Waals surface area (Å²) in [5, 5.41) is 0. The van der Waals surface area contributed by atoms with Crippen molar-refractivity contribution in [1.29, 1.82) is 0 Å². The van der Waals surface area contributed by atoms with Gasteiger partial charge in [0.05, 0.1) is 0 Å². The number of nitrogens with one attached hydrogen (secondary N) is 1. The molecule has 1 N–H and O–H groups in total. The van der Waals surface area contributed by atoms with Crippen LogP contribution in [-0.2, 0) is 7.75 Å². The topological polar surface area (TPSA) is 15.8 Å². The molecule has 0 saturated heterocycles. The summed E-state index contributed by atoms with van der Waals surface area (Å²) in [6.45, 7) is 0. The van der Waals surface area contributed by atoms with E-state index in [0.717, 1.165) is 0 Å². The number of rotatable bonds is 1. The number of H-pyrrole nitrogens is 1. The minimum absolute atomic E-state index is 1.29. The molecule has 1 heterocycles. The molecule has 0 aliphatic heterocycles. The van der Waals surface area contributed by atoms with Crippen molar-refractivity contribution in [3.8, 4) is 0 Å². The van der Waals surface area contributed by atoms with Crippen LogP contribution in [0.15, 0.2) is 18.3 Å². The van der Waals surface area contributed by atoms with Gasteiger partial charge >= 0.3 is 80.4 Å². The third-order valence-corrected chi connectivity index (χ3v) is 7.50. The average molecular weight is 438 g/mol. The molecule has 0 radical (unpaired) electrons. The van der Waals surface area contributed by atoms with Crippen LogP contribution in [0.2, 0.25) is 5.52 Å². The average Bonchev–Trinajstić information content (AvgIpc) is 2.08. The predicted octanol–water partition coefficient (Wildman–Crippen LogP) is 2.54. The van der Waals surface area contributed by atoms with Crippen LogP contribution >= 0.6 is 39.5 Å². The van der Waals surface area contributed by atoms with Gasteiger partial charge in [-0.3, -0.25) is 0 Å². The summed E-state index contributed by atoms with van der Waals surface area (Å²) < 4.78 is 1.43. The van der Waals surface area contributed by atoms with Crippen LogP contribution < -0.4 is 4.29 Å². The quantitative estimate of drug-likeness (QED) is 0.513. The van der Waals surface area contributed by atoms with E-state index in [4.69, 9.17) is 0 Å². The Hall–Kier alpha value is 1.36. The van der Waals surface area contributed by atoms with Crippen LogP contribution in [0.1, 0.15) is 0 Å². The number of aromatic nitrogens is 1. The number of halogens is 2. The van der Waals surface area contributed by atoms with E-state index in [1.807, 2.05) is 6.20 Å². The van der Waals surface area contributed by atoms with Crippen molar-refractivity contribution < 1.29 is 7.75 Å². The summed E-state index contributed by atoms with van der Waals surface area (Å²) in [4.78, 5) is 3.23. The van der Waals surface area contributed by atoms with Gasteiger partial charge in [0.2, 0.25) is 0 Å². The number of aromatic amines is 1. The molecule has 4 heteroatoms. The second-order valence-electron chi connectivity index (χ2n) is 1.59. The SMILES string of the molecule is [CH3][Rh]([I])([I])[c]1ccc[nH]1. The zero-order chi connectivity index (χ0) is 6.91. The fourth-order valence-electron chi connectivity index (χ4n) is 0.482. The molecule has 0 aromatic carbocycles. The number of hydrogen-bond acceptors (Lipinski definition) is 0. The van der Waals surface area contributed by atoms with Crippen molar-refractivity contribution >= 4 is 43.8 Å². The van der Waals surface area contributed by atoms with E-state index in [9.17, 15) is 0 Å². The predicted molar refractivity (Wildman–Crippen MR) is 54.3 cm³/mol. The van der Waals surface area contributed by atoms with Gasteiger partial charge in [-0.2, -0.15) is 0 Å². The van der Waals surface area contributed by atoms with Gasteiger partial charge in [0.25, 0.3) is 0 Å². The summed E-state index contributed by atoms with van der Waals surface area (Å²) in [6, 6.07) is 4.23. The molecule has 0 atom stereocenters. The van der Waals surface area contributed by atoms with Crippen molar-refractivity contribution in [2.45, 2.75) is 5.52 Å². The summed E-state index contributed by atoms with van der Waals surface area (Å²) >= 11 is 5.11. The van der Waals surface area contributed by atoms with Gasteiger partial charge in [0.15, 0.2) is 0 Å². The first-order valence-corrected chi connectivity index (χ1v) is 14.5. The summed E-state index contributed by atoms with van der Waals surface area (Å²) in [5.74, 6) is 0. The Kier molecular flexibility index (Phi) is 2.98. The molecular weight excluding hydrogens is 431 g/mol. The Morgan fingerprint density at radius 2 is 2.22 bits per heavy atom. The molecule has 0 aliphatic rings. The van der Waals surface area contributed by atoms with E-state index in [0.29, 0.717) is 0 Å². The van der Waals surface area contributed by atoms with Crippen LogP contribution in [0.4, 0.5) is 0 Å². The van der Waals surface area contributed by atoms with Gasteiger partial charge in [0, 0.05) is 0 Å².